The first-order valence-corrected chi connectivity index (χ1v) is 7.32. The van der Waals surface area contributed by atoms with Gasteiger partial charge < -0.3 is 14.8 Å². The first-order valence-electron chi connectivity index (χ1n) is 7.32. The van der Waals surface area contributed by atoms with Crippen LogP contribution >= 0.6 is 0 Å². The largest absolute Gasteiger partial charge is 0.464 e. The quantitative estimate of drug-likeness (QED) is 0.841. The maximum atomic E-state index is 12.4. The molecule has 0 amide bonds. The van der Waals surface area contributed by atoms with Gasteiger partial charge in [-0.05, 0) is 25.5 Å². The molecular formula is C16H23NO3. The SMILES string of the molecule is CCOC(=O)C1(Nc2ccccc2)CCOC(CC)C1. The van der Waals surface area contributed by atoms with Gasteiger partial charge in [0.05, 0.1) is 12.7 Å². The van der Waals surface area contributed by atoms with Crippen molar-refractivity contribution in [1.82, 2.24) is 0 Å². The Balaban J connectivity index is 2.21. The molecule has 2 atom stereocenters. The molecule has 4 heteroatoms. The fraction of sp³-hybridized carbons (Fsp3) is 0.562. The molecule has 1 aliphatic rings. The van der Waals surface area contributed by atoms with Crippen LogP contribution in [0, 0.1) is 0 Å². The molecule has 0 radical (unpaired) electrons. The van der Waals surface area contributed by atoms with Crippen molar-refractivity contribution in [2.75, 3.05) is 18.5 Å². The van der Waals surface area contributed by atoms with Crippen molar-refractivity contribution in [3.8, 4) is 0 Å². The van der Waals surface area contributed by atoms with Gasteiger partial charge in [-0.1, -0.05) is 25.1 Å². The molecular weight excluding hydrogens is 254 g/mol. The molecule has 1 N–H and O–H groups in total. The van der Waals surface area contributed by atoms with Gasteiger partial charge in [0.25, 0.3) is 0 Å². The number of para-hydroxylation sites is 1. The van der Waals surface area contributed by atoms with Gasteiger partial charge in [0.15, 0.2) is 0 Å². The molecule has 1 aliphatic heterocycles. The van der Waals surface area contributed by atoms with Crippen molar-refractivity contribution in [2.24, 2.45) is 0 Å². The number of hydrogen-bond donors (Lipinski definition) is 1. The highest BCUT2D eigenvalue weighted by Gasteiger charge is 2.44. The fourth-order valence-corrected chi connectivity index (χ4v) is 2.63. The summed E-state index contributed by atoms with van der Waals surface area (Å²) in [6, 6.07) is 9.81. The van der Waals surface area contributed by atoms with Crippen LogP contribution in [-0.4, -0.2) is 30.8 Å². The zero-order valence-electron chi connectivity index (χ0n) is 12.2. The number of rotatable bonds is 5. The average molecular weight is 277 g/mol. The molecule has 1 aromatic carbocycles. The summed E-state index contributed by atoms with van der Waals surface area (Å²) in [6.45, 7) is 4.89. The third-order valence-corrected chi connectivity index (χ3v) is 3.74. The van der Waals surface area contributed by atoms with Crippen LogP contribution < -0.4 is 5.32 Å². The summed E-state index contributed by atoms with van der Waals surface area (Å²) in [5, 5.41) is 3.39. The number of anilines is 1. The number of carbonyl (C=O) groups excluding carboxylic acids is 1. The number of carbonyl (C=O) groups is 1. The minimum absolute atomic E-state index is 0.101. The van der Waals surface area contributed by atoms with Crippen LogP contribution in [0.2, 0.25) is 0 Å². The van der Waals surface area contributed by atoms with Gasteiger partial charge in [0.2, 0.25) is 0 Å². The second-order valence-corrected chi connectivity index (χ2v) is 5.15. The van der Waals surface area contributed by atoms with Crippen molar-refractivity contribution < 1.29 is 14.3 Å². The lowest BCUT2D eigenvalue weighted by Crippen LogP contribution is -2.53. The number of nitrogens with one attached hydrogen (secondary N) is 1. The Morgan fingerprint density at radius 3 is 2.80 bits per heavy atom. The Hall–Kier alpha value is -1.55. The maximum absolute atomic E-state index is 12.4. The Morgan fingerprint density at radius 1 is 1.40 bits per heavy atom. The van der Waals surface area contributed by atoms with Gasteiger partial charge in [0.1, 0.15) is 5.54 Å². The highest BCUT2D eigenvalue weighted by atomic mass is 16.5. The molecule has 1 fully saturated rings. The van der Waals surface area contributed by atoms with Crippen molar-refractivity contribution >= 4 is 11.7 Å². The van der Waals surface area contributed by atoms with Crippen LogP contribution in [0.5, 0.6) is 0 Å². The zero-order valence-corrected chi connectivity index (χ0v) is 12.2. The van der Waals surface area contributed by atoms with Crippen LogP contribution in [0.25, 0.3) is 0 Å². The van der Waals surface area contributed by atoms with Gasteiger partial charge in [-0.15, -0.1) is 0 Å². The van der Waals surface area contributed by atoms with Crippen LogP contribution in [0.3, 0.4) is 0 Å². The van der Waals surface area contributed by atoms with Gasteiger partial charge >= 0.3 is 5.97 Å². The molecule has 20 heavy (non-hydrogen) atoms. The van der Waals surface area contributed by atoms with Crippen molar-refractivity contribution in [3.05, 3.63) is 30.3 Å². The minimum Gasteiger partial charge on any atom is -0.464 e. The molecule has 0 aliphatic carbocycles. The van der Waals surface area contributed by atoms with E-state index in [1.54, 1.807) is 0 Å². The average Bonchev–Trinajstić information content (AvgIpc) is 2.48. The summed E-state index contributed by atoms with van der Waals surface area (Å²) in [5.74, 6) is -0.175. The van der Waals surface area contributed by atoms with E-state index in [4.69, 9.17) is 9.47 Å². The van der Waals surface area contributed by atoms with Crippen LogP contribution in [0.4, 0.5) is 5.69 Å². The summed E-state index contributed by atoms with van der Waals surface area (Å²) in [7, 11) is 0. The van der Waals surface area contributed by atoms with Crippen LogP contribution in [-0.2, 0) is 14.3 Å². The summed E-state index contributed by atoms with van der Waals surface area (Å²) in [4.78, 5) is 12.4. The molecule has 0 bridgehead atoms. The highest BCUT2D eigenvalue weighted by molar-refractivity contribution is 5.84. The lowest BCUT2D eigenvalue weighted by molar-refractivity contribution is -0.154. The van der Waals surface area contributed by atoms with Crippen LogP contribution in [0.1, 0.15) is 33.1 Å². The Labute approximate surface area is 120 Å². The molecule has 0 spiro atoms. The minimum atomic E-state index is -0.670. The van der Waals surface area contributed by atoms with E-state index in [1.807, 2.05) is 37.3 Å². The fourth-order valence-electron chi connectivity index (χ4n) is 2.63. The number of benzene rings is 1. The predicted octanol–water partition coefficient (Wildman–Crippen LogP) is 2.99. The molecule has 0 aromatic heterocycles. The van der Waals surface area contributed by atoms with E-state index in [0.717, 1.165) is 12.1 Å². The number of hydrogen-bond acceptors (Lipinski definition) is 4. The van der Waals surface area contributed by atoms with Crippen LogP contribution in [0.15, 0.2) is 30.3 Å². The smallest absolute Gasteiger partial charge is 0.331 e. The summed E-state index contributed by atoms with van der Waals surface area (Å²) < 4.78 is 11.0. The van der Waals surface area contributed by atoms with Gasteiger partial charge in [-0.2, -0.15) is 0 Å². The third-order valence-electron chi connectivity index (χ3n) is 3.74. The molecule has 4 nitrogen and oxygen atoms in total. The van der Waals surface area contributed by atoms with E-state index in [1.165, 1.54) is 0 Å². The van der Waals surface area contributed by atoms with Gasteiger partial charge in [0, 0.05) is 25.1 Å². The summed E-state index contributed by atoms with van der Waals surface area (Å²) in [6.07, 6.45) is 2.29. The molecule has 2 rings (SSSR count). The highest BCUT2D eigenvalue weighted by Crippen LogP contribution is 2.31. The zero-order chi connectivity index (χ0) is 14.4. The Morgan fingerprint density at radius 2 is 2.15 bits per heavy atom. The summed E-state index contributed by atoms with van der Waals surface area (Å²) >= 11 is 0. The molecule has 0 saturated carbocycles. The molecule has 1 saturated heterocycles. The van der Waals surface area contributed by atoms with E-state index in [0.29, 0.717) is 26.1 Å². The molecule has 110 valence electrons. The topological polar surface area (TPSA) is 47.6 Å². The first kappa shape index (κ1) is 14.9. The lowest BCUT2D eigenvalue weighted by atomic mass is 9.85. The second-order valence-electron chi connectivity index (χ2n) is 5.15. The Kier molecular flexibility index (Phi) is 5.01. The van der Waals surface area contributed by atoms with E-state index < -0.39 is 5.54 Å². The lowest BCUT2D eigenvalue weighted by Gasteiger charge is -2.39. The van der Waals surface area contributed by atoms with E-state index in [9.17, 15) is 4.79 Å². The summed E-state index contributed by atoms with van der Waals surface area (Å²) in [5.41, 5.74) is 0.272. The van der Waals surface area contributed by atoms with E-state index in [2.05, 4.69) is 12.2 Å². The Bertz CT molecular complexity index is 435. The second kappa shape index (κ2) is 6.75. The van der Waals surface area contributed by atoms with Gasteiger partial charge in [-0.25, -0.2) is 4.79 Å². The normalized spacial score (nSPS) is 26.0. The molecule has 2 unspecified atom stereocenters. The van der Waals surface area contributed by atoms with Crippen molar-refractivity contribution in [2.45, 2.75) is 44.8 Å². The van der Waals surface area contributed by atoms with Crippen molar-refractivity contribution in [3.63, 3.8) is 0 Å². The molecule has 1 aromatic rings. The maximum Gasteiger partial charge on any atom is 0.331 e. The predicted molar refractivity (Wildman–Crippen MR) is 78.7 cm³/mol. The third kappa shape index (κ3) is 3.31. The van der Waals surface area contributed by atoms with E-state index in [-0.39, 0.29) is 12.1 Å². The first-order chi connectivity index (χ1) is 9.70. The standard InChI is InChI=1S/C16H23NO3/c1-3-14-12-16(10-11-20-14,15(18)19-4-2)17-13-8-6-5-7-9-13/h5-9,14,17H,3-4,10-12H2,1-2H3. The monoisotopic (exact) mass is 277 g/mol. The number of esters is 1. The van der Waals surface area contributed by atoms with E-state index >= 15 is 0 Å². The van der Waals surface area contributed by atoms with Crippen molar-refractivity contribution in [1.29, 1.82) is 0 Å². The van der Waals surface area contributed by atoms with Gasteiger partial charge in [-0.3, -0.25) is 0 Å². The molecule has 1 heterocycles. The number of ether oxygens (including phenoxy) is 2.